The van der Waals surface area contributed by atoms with Crippen molar-refractivity contribution in [3.05, 3.63) is 42.0 Å². The minimum atomic E-state index is -0.981. The van der Waals surface area contributed by atoms with Crippen LogP contribution in [-0.4, -0.2) is 41.2 Å². The van der Waals surface area contributed by atoms with Gasteiger partial charge < -0.3 is 10.1 Å². The lowest BCUT2D eigenvalue weighted by Gasteiger charge is -2.16. The molecule has 7 heteroatoms. The number of anilines is 1. The van der Waals surface area contributed by atoms with Crippen LogP contribution in [0.4, 0.5) is 5.69 Å². The van der Waals surface area contributed by atoms with E-state index in [1.54, 1.807) is 12.1 Å². The molecule has 1 saturated heterocycles. The summed E-state index contributed by atoms with van der Waals surface area (Å²) in [5.74, 6) is -2.13. The van der Waals surface area contributed by atoms with Crippen LogP contribution in [0.5, 0.6) is 0 Å². The van der Waals surface area contributed by atoms with Crippen LogP contribution >= 0.6 is 0 Å². The van der Waals surface area contributed by atoms with Gasteiger partial charge in [0, 0.05) is 12.2 Å². The van der Waals surface area contributed by atoms with Crippen LogP contribution in [0.15, 0.2) is 36.4 Å². The van der Waals surface area contributed by atoms with Gasteiger partial charge in [0.2, 0.25) is 11.8 Å². The van der Waals surface area contributed by atoms with E-state index in [1.165, 1.54) is 6.92 Å². The van der Waals surface area contributed by atoms with E-state index >= 15 is 0 Å². The predicted molar refractivity (Wildman–Crippen MR) is 107 cm³/mol. The number of aryl methyl sites for hydroxylation is 1. The third-order valence-electron chi connectivity index (χ3n) is 5.45. The highest BCUT2D eigenvalue weighted by molar-refractivity contribution is 6.05. The Balaban J connectivity index is 1.46. The molecule has 1 heterocycles. The van der Waals surface area contributed by atoms with Crippen LogP contribution in [0.25, 0.3) is 0 Å². The lowest BCUT2D eigenvalue weighted by Crippen LogP contribution is -2.35. The molecule has 1 aliphatic carbocycles. The number of hydrogen-bond donors (Lipinski definition) is 1. The van der Waals surface area contributed by atoms with Crippen LogP contribution in [0.3, 0.4) is 0 Å². The SMILES string of the molecule is CCc1ccc(NC(=O)[C@H](C)OC(=O)CCN2C(=O)[C@H]3CC=CC[C@H]3C2=O)cc1. The first-order valence-electron chi connectivity index (χ1n) is 10.00. The average molecular weight is 398 g/mol. The molecule has 1 aromatic carbocycles. The van der Waals surface area contributed by atoms with E-state index in [4.69, 9.17) is 4.74 Å². The second kappa shape index (κ2) is 9.03. The summed E-state index contributed by atoms with van der Waals surface area (Å²) < 4.78 is 5.17. The van der Waals surface area contributed by atoms with Crippen molar-refractivity contribution < 1.29 is 23.9 Å². The molecule has 7 nitrogen and oxygen atoms in total. The number of ether oxygens (including phenoxy) is 1. The Morgan fingerprint density at radius 2 is 1.69 bits per heavy atom. The summed E-state index contributed by atoms with van der Waals surface area (Å²) >= 11 is 0. The van der Waals surface area contributed by atoms with Crippen LogP contribution in [0.1, 0.15) is 38.7 Å². The Hall–Kier alpha value is -2.96. The Kier molecular flexibility index (Phi) is 6.46. The zero-order valence-corrected chi connectivity index (χ0v) is 16.7. The fourth-order valence-corrected chi connectivity index (χ4v) is 3.67. The molecule has 2 aliphatic rings. The number of hydrogen-bond acceptors (Lipinski definition) is 5. The first kappa shape index (κ1) is 20.8. The monoisotopic (exact) mass is 398 g/mol. The second-order valence-corrected chi connectivity index (χ2v) is 7.41. The van der Waals surface area contributed by atoms with E-state index in [9.17, 15) is 19.2 Å². The fraction of sp³-hybridized carbons (Fsp3) is 0.455. The number of allylic oxidation sites excluding steroid dienone is 2. The Labute approximate surface area is 170 Å². The van der Waals surface area contributed by atoms with Crippen LogP contribution in [0.2, 0.25) is 0 Å². The van der Waals surface area contributed by atoms with Gasteiger partial charge >= 0.3 is 5.97 Å². The summed E-state index contributed by atoms with van der Waals surface area (Å²) in [5, 5.41) is 2.70. The number of carbonyl (C=O) groups is 4. The quantitative estimate of drug-likeness (QED) is 0.433. The van der Waals surface area contributed by atoms with E-state index in [-0.39, 0.29) is 36.6 Å². The molecule has 0 radical (unpaired) electrons. The van der Waals surface area contributed by atoms with E-state index in [0.717, 1.165) is 16.9 Å². The molecule has 0 saturated carbocycles. The van der Waals surface area contributed by atoms with Crippen LogP contribution in [0, 0.1) is 11.8 Å². The Bertz CT molecular complexity index is 804. The highest BCUT2D eigenvalue weighted by Gasteiger charge is 2.47. The molecule has 1 N–H and O–H groups in total. The van der Waals surface area contributed by atoms with Gasteiger partial charge in [0.1, 0.15) is 0 Å². The number of imide groups is 1. The van der Waals surface area contributed by atoms with Crippen LogP contribution in [-0.2, 0) is 30.3 Å². The van der Waals surface area contributed by atoms with Gasteiger partial charge in [-0.2, -0.15) is 0 Å². The summed E-state index contributed by atoms with van der Waals surface area (Å²) in [4.78, 5) is 50.3. The summed E-state index contributed by atoms with van der Waals surface area (Å²) in [5.41, 5.74) is 1.78. The smallest absolute Gasteiger partial charge is 0.308 e. The molecule has 1 aliphatic heterocycles. The summed E-state index contributed by atoms with van der Waals surface area (Å²) in [7, 11) is 0. The van der Waals surface area contributed by atoms with E-state index < -0.39 is 18.0 Å². The van der Waals surface area contributed by atoms with E-state index in [0.29, 0.717) is 18.5 Å². The lowest BCUT2D eigenvalue weighted by atomic mass is 9.85. The molecule has 3 atom stereocenters. The van der Waals surface area contributed by atoms with Gasteiger partial charge in [0.25, 0.3) is 5.91 Å². The molecule has 0 aromatic heterocycles. The minimum Gasteiger partial charge on any atom is -0.452 e. The highest BCUT2D eigenvalue weighted by atomic mass is 16.5. The molecule has 1 fully saturated rings. The van der Waals surface area contributed by atoms with Crippen molar-refractivity contribution in [2.75, 3.05) is 11.9 Å². The molecule has 1 aromatic rings. The first-order valence-corrected chi connectivity index (χ1v) is 10.00. The minimum absolute atomic E-state index is 0.0175. The number of esters is 1. The fourth-order valence-electron chi connectivity index (χ4n) is 3.67. The molecule has 29 heavy (non-hydrogen) atoms. The topological polar surface area (TPSA) is 92.8 Å². The lowest BCUT2D eigenvalue weighted by molar-refractivity contribution is -0.154. The maximum absolute atomic E-state index is 12.4. The molecule has 3 amide bonds. The molecule has 0 spiro atoms. The zero-order chi connectivity index (χ0) is 21.0. The van der Waals surface area contributed by atoms with E-state index in [2.05, 4.69) is 5.32 Å². The highest BCUT2D eigenvalue weighted by Crippen LogP contribution is 2.35. The normalized spacial score (nSPS) is 21.7. The van der Waals surface area contributed by atoms with Crippen LogP contribution < -0.4 is 5.32 Å². The first-order chi connectivity index (χ1) is 13.9. The number of amides is 3. The number of benzene rings is 1. The number of fused-ring (bicyclic) bond motifs is 1. The number of nitrogens with zero attached hydrogens (tertiary/aromatic N) is 1. The third kappa shape index (κ3) is 4.72. The third-order valence-corrected chi connectivity index (χ3v) is 5.45. The van der Waals surface area contributed by atoms with Crippen molar-refractivity contribution >= 4 is 29.4 Å². The van der Waals surface area contributed by atoms with Gasteiger partial charge in [0.05, 0.1) is 18.3 Å². The van der Waals surface area contributed by atoms with Gasteiger partial charge in [-0.3, -0.25) is 24.1 Å². The van der Waals surface area contributed by atoms with Crippen molar-refractivity contribution in [1.29, 1.82) is 0 Å². The van der Waals surface area contributed by atoms with Crippen molar-refractivity contribution in [3.8, 4) is 0 Å². The maximum atomic E-state index is 12.4. The average Bonchev–Trinajstić information content (AvgIpc) is 2.97. The van der Waals surface area contributed by atoms with Crippen molar-refractivity contribution in [2.24, 2.45) is 11.8 Å². The molecule has 3 rings (SSSR count). The largest absolute Gasteiger partial charge is 0.452 e. The summed E-state index contributed by atoms with van der Waals surface area (Å²) in [6.07, 6.45) is 4.75. The van der Waals surface area contributed by atoms with Gasteiger partial charge in [-0.05, 0) is 43.9 Å². The molecule has 0 unspecified atom stereocenters. The standard InChI is InChI=1S/C22H26N2O5/c1-3-15-8-10-16(11-9-15)23-20(26)14(2)29-19(25)12-13-24-21(27)17-6-4-5-7-18(17)22(24)28/h4-5,8-11,14,17-18H,3,6-7,12-13H2,1-2H3,(H,23,26)/t14-,17-,18+/m0/s1. The Morgan fingerprint density at radius 1 is 1.10 bits per heavy atom. The maximum Gasteiger partial charge on any atom is 0.308 e. The van der Waals surface area contributed by atoms with Gasteiger partial charge in [-0.1, -0.05) is 31.2 Å². The summed E-state index contributed by atoms with van der Waals surface area (Å²) in [6, 6.07) is 7.43. The van der Waals surface area contributed by atoms with Gasteiger partial charge in [0.15, 0.2) is 6.10 Å². The van der Waals surface area contributed by atoms with E-state index in [1.807, 2.05) is 31.2 Å². The number of likely N-dealkylation sites (tertiary alicyclic amines) is 1. The molecule has 154 valence electrons. The van der Waals surface area contributed by atoms with Crippen molar-refractivity contribution in [3.63, 3.8) is 0 Å². The van der Waals surface area contributed by atoms with Crippen molar-refractivity contribution in [2.45, 2.75) is 45.6 Å². The Morgan fingerprint density at radius 3 is 2.24 bits per heavy atom. The number of nitrogens with one attached hydrogen (secondary N) is 1. The zero-order valence-electron chi connectivity index (χ0n) is 16.7. The molecular weight excluding hydrogens is 372 g/mol. The number of rotatable bonds is 7. The van der Waals surface area contributed by atoms with Gasteiger partial charge in [-0.15, -0.1) is 0 Å². The predicted octanol–water partition coefficient (Wildman–Crippen LogP) is 2.46. The molecule has 0 bridgehead atoms. The van der Waals surface area contributed by atoms with Crippen molar-refractivity contribution in [1.82, 2.24) is 4.90 Å². The second-order valence-electron chi connectivity index (χ2n) is 7.41. The summed E-state index contributed by atoms with van der Waals surface area (Å²) in [6.45, 7) is 3.51. The molecular formula is C22H26N2O5. The number of carbonyl (C=O) groups excluding carboxylic acids is 4. The van der Waals surface area contributed by atoms with Gasteiger partial charge in [-0.25, -0.2) is 0 Å².